The highest BCUT2D eigenvalue weighted by molar-refractivity contribution is 5.90. The van der Waals surface area contributed by atoms with E-state index >= 15 is 0 Å². The number of benzene rings is 2. The van der Waals surface area contributed by atoms with Gasteiger partial charge in [-0.2, -0.15) is 5.01 Å². The van der Waals surface area contributed by atoms with Crippen LogP contribution in [0, 0.1) is 0 Å². The standard InChI is InChI=1S/C25H32N2O6/c1-24(2,3)32-21(28)26(17-19-13-9-7-10-14-19)27(23(30)33-25(4,5)6)22(29)31-18-20-15-11-8-12-16-20/h7-16H,17-18H2,1-6H3. The summed E-state index contributed by atoms with van der Waals surface area (Å²) in [5.74, 6) is 0. The van der Waals surface area contributed by atoms with Gasteiger partial charge in [0.2, 0.25) is 0 Å². The molecule has 8 nitrogen and oxygen atoms in total. The molecule has 0 spiro atoms. The summed E-state index contributed by atoms with van der Waals surface area (Å²) in [6, 6.07) is 17.9. The second-order valence-electron chi connectivity index (χ2n) is 9.36. The van der Waals surface area contributed by atoms with Gasteiger partial charge in [-0.25, -0.2) is 14.4 Å². The zero-order valence-corrected chi connectivity index (χ0v) is 20.0. The van der Waals surface area contributed by atoms with Crippen LogP contribution in [0.2, 0.25) is 0 Å². The van der Waals surface area contributed by atoms with E-state index in [1.807, 2.05) is 12.1 Å². The minimum absolute atomic E-state index is 0.0908. The van der Waals surface area contributed by atoms with Crippen molar-refractivity contribution >= 4 is 18.3 Å². The first-order valence-corrected chi connectivity index (χ1v) is 10.6. The van der Waals surface area contributed by atoms with Gasteiger partial charge in [-0.15, -0.1) is 5.01 Å². The molecule has 0 saturated carbocycles. The third-order valence-electron chi connectivity index (χ3n) is 3.97. The monoisotopic (exact) mass is 456 g/mol. The Morgan fingerprint density at radius 1 is 0.667 bits per heavy atom. The SMILES string of the molecule is CC(C)(C)OC(=O)N(Cc1ccccc1)N(C(=O)OCc1ccccc1)C(=O)OC(C)(C)C. The van der Waals surface area contributed by atoms with Crippen molar-refractivity contribution in [1.82, 2.24) is 10.0 Å². The number of carbonyl (C=O) groups excluding carboxylic acids is 3. The number of amides is 3. The Bertz CT molecular complexity index is 933. The molecule has 0 unspecified atom stereocenters. The van der Waals surface area contributed by atoms with Gasteiger partial charge < -0.3 is 14.2 Å². The van der Waals surface area contributed by atoms with Gasteiger partial charge in [-0.1, -0.05) is 60.7 Å². The van der Waals surface area contributed by atoms with Gasteiger partial charge in [0.05, 0.1) is 6.54 Å². The van der Waals surface area contributed by atoms with E-state index < -0.39 is 29.5 Å². The maximum atomic E-state index is 13.1. The Balaban J connectivity index is 2.39. The van der Waals surface area contributed by atoms with Crippen molar-refractivity contribution in [1.29, 1.82) is 0 Å². The molecule has 0 fully saturated rings. The van der Waals surface area contributed by atoms with Gasteiger partial charge in [0.25, 0.3) is 0 Å². The van der Waals surface area contributed by atoms with E-state index in [1.165, 1.54) is 0 Å². The molecule has 0 saturated heterocycles. The Morgan fingerprint density at radius 3 is 1.61 bits per heavy atom. The van der Waals surface area contributed by atoms with Crippen LogP contribution in [0.4, 0.5) is 14.4 Å². The van der Waals surface area contributed by atoms with Crippen molar-refractivity contribution in [3.05, 3.63) is 71.8 Å². The first kappa shape index (κ1) is 25.7. The minimum atomic E-state index is -1.06. The van der Waals surface area contributed by atoms with Crippen LogP contribution in [0.25, 0.3) is 0 Å². The number of imide groups is 1. The fraction of sp³-hybridized carbons (Fsp3) is 0.400. The van der Waals surface area contributed by atoms with E-state index in [0.29, 0.717) is 10.6 Å². The quantitative estimate of drug-likeness (QED) is 0.420. The molecule has 0 aliphatic heterocycles. The van der Waals surface area contributed by atoms with Crippen molar-refractivity contribution in [3.63, 3.8) is 0 Å². The zero-order chi connectivity index (χ0) is 24.6. The normalized spacial score (nSPS) is 11.3. The number of hydrogen-bond donors (Lipinski definition) is 0. The van der Waals surface area contributed by atoms with E-state index in [0.717, 1.165) is 10.6 Å². The minimum Gasteiger partial charge on any atom is -0.443 e. The molecule has 178 valence electrons. The summed E-state index contributed by atoms with van der Waals surface area (Å²) in [5, 5.41) is 1.44. The Labute approximate surface area is 195 Å². The van der Waals surface area contributed by atoms with Gasteiger partial charge in [-0.05, 0) is 52.7 Å². The van der Waals surface area contributed by atoms with Crippen molar-refractivity contribution in [3.8, 4) is 0 Å². The molecule has 0 bridgehead atoms. The van der Waals surface area contributed by atoms with Gasteiger partial charge in [0.15, 0.2) is 0 Å². The maximum absolute atomic E-state index is 13.1. The smallest absolute Gasteiger partial charge is 0.439 e. The molecular weight excluding hydrogens is 424 g/mol. The molecule has 0 aromatic heterocycles. The molecule has 0 N–H and O–H groups in total. The average molecular weight is 457 g/mol. The zero-order valence-electron chi connectivity index (χ0n) is 20.0. The highest BCUT2D eigenvalue weighted by atomic mass is 16.6. The molecule has 2 rings (SSSR count). The third-order valence-corrected chi connectivity index (χ3v) is 3.97. The molecule has 3 amide bonds. The predicted molar refractivity (Wildman–Crippen MR) is 123 cm³/mol. The predicted octanol–water partition coefficient (Wildman–Crippen LogP) is 5.91. The summed E-state index contributed by atoms with van der Waals surface area (Å²) in [6.07, 6.45) is -3.01. The lowest BCUT2D eigenvalue weighted by molar-refractivity contribution is -0.0617. The maximum Gasteiger partial charge on any atom is 0.439 e. The molecule has 8 heteroatoms. The van der Waals surface area contributed by atoms with E-state index in [1.54, 1.807) is 90.1 Å². The van der Waals surface area contributed by atoms with E-state index in [2.05, 4.69) is 0 Å². The highest BCUT2D eigenvalue weighted by Crippen LogP contribution is 2.19. The summed E-state index contributed by atoms with van der Waals surface area (Å²) in [6.45, 7) is 9.85. The van der Waals surface area contributed by atoms with Gasteiger partial charge in [0, 0.05) is 0 Å². The molecule has 33 heavy (non-hydrogen) atoms. The van der Waals surface area contributed by atoms with Crippen LogP contribution < -0.4 is 0 Å². The molecular formula is C25H32N2O6. The fourth-order valence-electron chi connectivity index (χ4n) is 2.65. The Morgan fingerprint density at radius 2 is 1.12 bits per heavy atom. The summed E-state index contributed by atoms with van der Waals surface area (Å²) in [4.78, 5) is 39.3. The van der Waals surface area contributed by atoms with Crippen LogP contribution in [0.3, 0.4) is 0 Å². The van der Waals surface area contributed by atoms with Gasteiger partial charge in [0.1, 0.15) is 17.8 Å². The van der Waals surface area contributed by atoms with Crippen LogP contribution >= 0.6 is 0 Å². The molecule has 0 aliphatic carbocycles. The van der Waals surface area contributed by atoms with Crippen molar-refractivity contribution < 1.29 is 28.6 Å². The fourth-order valence-corrected chi connectivity index (χ4v) is 2.65. The van der Waals surface area contributed by atoms with Crippen LogP contribution in [0.5, 0.6) is 0 Å². The van der Waals surface area contributed by atoms with Gasteiger partial charge in [-0.3, -0.25) is 0 Å². The number of ether oxygens (including phenoxy) is 3. The van der Waals surface area contributed by atoms with E-state index in [-0.39, 0.29) is 13.2 Å². The van der Waals surface area contributed by atoms with Crippen molar-refractivity contribution in [2.75, 3.05) is 0 Å². The molecule has 0 aliphatic rings. The lowest BCUT2D eigenvalue weighted by Gasteiger charge is -2.34. The first-order valence-electron chi connectivity index (χ1n) is 10.6. The molecule has 2 aromatic rings. The Hall–Kier alpha value is -3.55. The topological polar surface area (TPSA) is 85.4 Å². The summed E-state index contributed by atoms with van der Waals surface area (Å²) >= 11 is 0. The molecule has 2 aromatic carbocycles. The Kier molecular flexibility index (Phi) is 8.45. The number of rotatable bonds is 4. The summed E-state index contributed by atoms with van der Waals surface area (Å²) in [7, 11) is 0. The van der Waals surface area contributed by atoms with Crippen molar-refractivity contribution in [2.24, 2.45) is 0 Å². The van der Waals surface area contributed by atoms with E-state index in [4.69, 9.17) is 14.2 Å². The summed E-state index contributed by atoms with van der Waals surface area (Å²) < 4.78 is 16.2. The average Bonchev–Trinajstić information content (AvgIpc) is 2.70. The van der Waals surface area contributed by atoms with Crippen LogP contribution in [-0.2, 0) is 27.4 Å². The van der Waals surface area contributed by atoms with Crippen LogP contribution in [0.1, 0.15) is 52.7 Å². The second-order valence-corrected chi connectivity index (χ2v) is 9.36. The van der Waals surface area contributed by atoms with E-state index in [9.17, 15) is 14.4 Å². The summed E-state index contributed by atoms with van der Waals surface area (Å²) in [5.41, 5.74) is -0.379. The third kappa shape index (κ3) is 8.84. The first-order chi connectivity index (χ1) is 15.4. The largest absolute Gasteiger partial charge is 0.443 e. The van der Waals surface area contributed by atoms with Crippen molar-refractivity contribution in [2.45, 2.75) is 65.9 Å². The lowest BCUT2D eigenvalue weighted by Crippen LogP contribution is -2.55. The molecule has 0 radical (unpaired) electrons. The van der Waals surface area contributed by atoms with Crippen LogP contribution in [0.15, 0.2) is 60.7 Å². The second kappa shape index (κ2) is 10.8. The molecule has 0 atom stereocenters. The highest BCUT2D eigenvalue weighted by Gasteiger charge is 2.39. The lowest BCUT2D eigenvalue weighted by atomic mass is 10.2. The van der Waals surface area contributed by atoms with Crippen LogP contribution in [-0.4, -0.2) is 39.5 Å². The number of hydrogen-bond acceptors (Lipinski definition) is 6. The molecule has 0 heterocycles. The number of nitrogens with zero attached hydrogens (tertiary/aromatic N) is 2. The number of carbonyl (C=O) groups is 3. The van der Waals surface area contributed by atoms with Gasteiger partial charge >= 0.3 is 18.3 Å². The number of hydrazine groups is 1.